The predicted octanol–water partition coefficient (Wildman–Crippen LogP) is 1.85. The van der Waals surface area contributed by atoms with Crippen LogP contribution in [0.25, 0.3) is 0 Å². The SMILES string of the molecule is BC(=O)N1[C@@H](Cc2cc(F)cc(F)c2)[C@H](C[C@H]2CO2)OC1(C)C. The molecule has 2 fully saturated rings. The van der Waals surface area contributed by atoms with Gasteiger partial charge in [0, 0.05) is 12.5 Å². The number of ether oxygens (including phenoxy) is 2. The Morgan fingerprint density at radius 3 is 2.48 bits per heavy atom. The molecule has 23 heavy (non-hydrogen) atoms. The summed E-state index contributed by atoms with van der Waals surface area (Å²) in [6.07, 6.45) is 0.951. The number of benzene rings is 1. The lowest BCUT2D eigenvalue weighted by Crippen LogP contribution is -2.48. The normalized spacial score (nSPS) is 28.9. The average Bonchev–Trinajstić information content (AvgIpc) is 3.14. The van der Waals surface area contributed by atoms with Crippen molar-refractivity contribution >= 4 is 13.7 Å². The minimum absolute atomic E-state index is 0.115. The lowest BCUT2D eigenvalue weighted by atomic mass is 9.94. The van der Waals surface area contributed by atoms with E-state index in [0.717, 1.165) is 6.07 Å². The van der Waals surface area contributed by atoms with Gasteiger partial charge in [0.15, 0.2) is 5.81 Å². The van der Waals surface area contributed by atoms with Crippen LogP contribution in [0.5, 0.6) is 0 Å². The van der Waals surface area contributed by atoms with Gasteiger partial charge < -0.3 is 14.4 Å². The summed E-state index contributed by atoms with van der Waals surface area (Å²) < 4.78 is 38.2. The maximum absolute atomic E-state index is 13.5. The predicted molar refractivity (Wildman–Crippen MR) is 82.9 cm³/mol. The molecule has 2 aliphatic rings. The Kier molecular flexibility index (Phi) is 4.18. The maximum atomic E-state index is 13.5. The standard InChI is InChI=1S/C16H20BF2NO3/c1-16(2)20(15(17)21)13(14(23-16)7-12-8-22-12)5-9-3-10(18)6-11(19)4-9/h3-4,6,12-14H,5,7-8,17H2,1-2H3/t12-,13-,14-/m0/s1. The van der Waals surface area contributed by atoms with Crippen molar-refractivity contribution in [3.05, 3.63) is 35.4 Å². The van der Waals surface area contributed by atoms with Crippen LogP contribution in [0.3, 0.4) is 0 Å². The minimum Gasteiger partial charge on any atom is -0.373 e. The number of hydrogen-bond acceptors (Lipinski definition) is 3. The van der Waals surface area contributed by atoms with E-state index >= 15 is 0 Å². The molecule has 0 radical (unpaired) electrons. The second-order valence-electron chi connectivity index (χ2n) is 6.73. The summed E-state index contributed by atoms with van der Waals surface area (Å²) in [5.41, 5.74) is -0.233. The van der Waals surface area contributed by atoms with Gasteiger partial charge in [0.05, 0.1) is 24.9 Å². The van der Waals surface area contributed by atoms with Crippen molar-refractivity contribution in [2.24, 2.45) is 0 Å². The van der Waals surface area contributed by atoms with Crippen LogP contribution < -0.4 is 0 Å². The van der Waals surface area contributed by atoms with Crippen molar-refractivity contribution in [3.63, 3.8) is 0 Å². The highest BCUT2D eigenvalue weighted by Gasteiger charge is 2.49. The molecule has 2 aliphatic heterocycles. The van der Waals surface area contributed by atoms with E-state index in [-0.39, 0.29) is 24.1 Å². The van der Waals surface area contributed by atoms with Gasteiger partial charge in [-0.25, -0.2) is 8.78 Å². The molecule has 0 saturated carbocycles. The van der Waals surface area contributed by atoms with Crippen molar-refractivity contribution in [1.82, 2.24) is 4.90 Å². The third-order valence-corrected chi connectivity index (χ3v) is 4.38. The average molecular weight is 323 g/mol. The van der Waals surface area contributed by atoms with Crippen molar-refractivity contribution in [2.75, 3.05) is 6.61 Å². The minimum atomic E-state index is -0.748. The highest BCUT2D eigenvalue weighted by Crippen LogP contribution is 2.37. The Labute approximate surface area is 135 Å². The van der Waals surface area contributed by atoms with Gasteiger partial charge in [-0.1, -0.05) is 0 Å². The Bertz CT molecular complexity index is 601. The van der Waals surface area contributed by atoms with Crippen LogP contribution in [0, 0.1) is 11.6 Å². The first kappa shape index (κ1) is 16.4. The van der Waals surface area contributed by atoms with E-state index in [9.17, 15) is 13.6 Å². The molecule has 3 rings (SSSR count). The molecule has 0 aliphatic carbocycles. The molecule has 0 unspecified atom stereocenters. The third-order valence-electron chi connectivity index (χ3n) is 4.38. The Balaban J connectivity index is 1.87. The molecule has 7 heteroatoms. The number of carbonyl (C=O) groups excluding carboxylic acids is 1. The van der Waals surface area contributed by atoms with Gasteiger partial charge in [0.1, 0.15) is 17.4 Å². The van der Waals surface area contributed by atoms with Crippen LogP contribution in [0.4, 0.5) is 13.6 Å². The molecule has 1 amide bonds. The van der Waals surface area contributed by atoms with Crippen LogP contribution in [0.15, 0.2) is 18.2 Å². The molecule has 1 aromatic carbocycles. The van der Waals surface area contributed by atoms with Gasteiger partial charge in [0.25, 0.3) is 0 Å². The topological polar surface area (TPSA) is 42.1 Å². The van der Waals surface area contributed by atoms with Gasteiger partial charge in [-0.2, -0.15) is 0 Å². The van der Waals surface area contributed by atoms with Gasteiger partial charge in [-0.05, 0) is 38.0 Å². The summed E-state index contributed by atoms with van der Waals surface area (Å²) in [5.74, 6) is -1.35. The van der Waals surface area contributed by atoms with E-state index in [1.54, 1.807) is 4.90 Å². The monoisotopic (exact) mass is 323 g/mol. The summed E-state index contributed by atoms with van der Waals surface area (Å²) in [6, 6.07) is 3.18. The molecule has 0 spiro atoms. The molecule has 3 atom stereocenters. The van der Waals surface area contributed by atoms with Crippen LogP contribution in [-0.4, -0.2) is 49.1 Å². The zero-order chi connectivity index (χ0) is 16.8. The number of rotatable bonds is 4. The second kappa shape index (κ2) is 5.87. The Morgan fingerprint density at radius 2 is 1.96 bits per heavy atom. The van der Waals surface area contributed by atoms with E-state index < -0.39 is 17.4 Å². The fourth-order valence-corrected chi connectivity index (χ4v) is 3.55. The first-order valence-corrected chi connectivity index (χ1v) is 7.80. The van der Waals surface area contributed by atoms with E-state index in [2.05, 4.69) is 0 Å². The lowest BCUT2D eigenvalue weighted by Gasteiger charge is -2.33. The van der Waals surface area contributed by atoms with Gasteiger partial charge in [-0.15, -0.1) is 0 Å². The van der Waals surface area contributed by atoms with Gasteiger partial charge >= 0.3 is 0 Å². The molecule has 0 bridgehead atoms. The molecule has 2 heterocycles. The number of nitrogens with zero attached hydrogens (tertiary/aromatic N) is 1. The fourth-order valence-electron chi connectivity index (χ4n) is 3.55. The fraction of sp³-hybridized carbons (Fsp3) is 0.562. The molecule has 0 N–H and O–H groups in total. The highest BCUT2D eigenvalue weighted by atomic mass is 19.1. The second-order valence-corrected chi connectivity index (χ2v) is 6.73. The van der Waals surface area contributed by atoms with Crippen LogP contribution >= 0.6 is 0 Å². The Hall–Kier alpha value is -1.47. The highest BCUT2D eigenvalue weighted by molar-refractivity contribution is 6.57. The lowest BCUT2D eigenvalue weighted by molar-refractivity contribution is -0.0606. The summed E-state index contributed by atoms with van der Waals surface area (Å²) in [4.78, 5) is 13.8. The number of epoxide rings is 1. The van der Waals surface area contributed by atoms with Crippen molar-refractivity contribution in [3.8, 4) is 0 Å². The number of hydrogen-bond donors (Lipinski definition) is 0. The Morgan fingerprint density at radius 1 is 1.35 bits per heavy atom. The quantitative estimate of drug-likeness (QED) is 0.627. The van der Waals surface area contributed by atoms with Crippen molar-refractivity contribution < 1.29 is 23.0 Å². The van der Waals surface area contributed by atoms with Gasteiger partial charge in [-0.3, -0.25) is 4.79 Å². The van der Waals surface area contributed by atoms with Gasteiger partial charge in [0.2, 0.25) is 7.85 Å². The molecule has 1 aromatic rings. The largest absolute Gasteiger partial charge is 0.373 e. The summed E-state index contributed by atoms with van der Waals surface area (Å²) in [6.45, 7) is 4.37. The van der Waals surface area contributed by atoms with Crippen LogP contribution in [-0.2, 0) is 15.9 Å². The molecule has 2 saturated heterocycles. The van der Waals surface area contributed by atoms with E-state index in [0.29, 0.717) is 25.0 Å². The number of amides is 1. The number of halogens is 2. The third kappa shape index (κ3) is 3.56. The smallest absolute Gasteiger partial charge is 0.216 e. The molecule has 4 nitrogen and oxygen atoms in total. The van der Waals surface area contributed by atoms with E-state index in [1.165, 1.54) is 20.0 Å². The molecular weight excluding hydrogens is 303 g/mol. The zero-order valence-electron chi connectivity index (χ0n) is 13.5. The van der Waals surface area contributed by atoms with E-state index in [4.69, 9.17) is 9.47 Å². The summed E-state index contributed by atoms with van der Waals surface area (Å²) in [5, 5.41) is 0. The molecule has 124 valence electrons. The first-order valence-electron chi connectivity index (χ1n) is 7.80. The maximum Gasteiger partial charge on any atom is 0.216 e. The van der Waals surface area contributed by atoms with Crippen LogP contribution in [0.1, 0.15) is 25.8 Å². The van der Waals surface area contributed by atoms with E-state index in [1.807, 2.05) is 13.8 Å². The molecular formula is C16H20BF2NO3. The van der Waals surface area contributed by atoms with Crippen molar-refractivity contribution in [1.29, 1.82) is 0 Å². The number of carbonyl (C=O) groups is 1. The summed E-state index contributed by atoms with van der Waals surface area (Å²) in [7, 11) is 1.49. The molecule has 0 aromatic heterocycles. The zero-order valence-corrected chi connectivity index (χ0v) is 13.5. The van der Waals surface area contributed by atoms with Crippen molar-refractivity contribution in [2.45, 2.75) is 50.7 Å². The first-order chi connectivity index (χ1) is 10.8. The van der Waals surface area contributed by atoms with Crippen LogP contribution in [0.2, 0.25) is 0 Å². The summed E-state index contributed by atoms with van der Waals surface area (Å²) >= 11 is 0.